The number of hydrogen-bond donors (Lipinski definition) is 0. The molecule has 2 heterocycles. The van der Waals surface area contributed by atoms with E-state index in [1.165, 1.54) is 18.2 Å². The molecule has 1 aromatic heterocycles. The zero-order valence-corrected chi connectivity index (χ0v) is 22.0. The molecule has 1 amide bonds. The Hall–Kier alpha value is -3.83. The standard InChI is InChI=1S/C26H24N4O5S2/c1-17(2)21-10-7-11-22-23(21)25(31)30(37(22,34)35)16-29-26(24(27-28-29)19-8-5-4-6-9-19)36(32,33)20-14-12-18(3)13-15-20/h4-15,17H,16H2,1-3H3. The molecule has 0 N–H and O–H groups in total. The number of aryl methyl sites for hydroxylation is 1. The molecule has 0 aliphatic carbocycles. The van der Waals surface area contributed by atoms with Crippen LogP contribution in [0, 0.1) is 6.92 Å². The summed E-state index contributed by atoms with van der Waals surface area (Å²) in [6, 6.07) is 19.6. The van der Waals surface area contributed by atoms with Crippen LogP contribution < -0.4 is 0 Å². The van der Waals surface area contributed by atoms with Gasteiger partial charge in [-0.3, -0.25) is 4.79 Å². The highest BCUT2D eigenvalue weighted by atomic mass is 32.2. The third kappa shape index (κ3) is 4.04. The Morgan fingerprint density at radius 1 is 0.919 bits per heavy atom. The highest BCUT2D eigenvalue weighted by Crippen LogP contribution is 2.37. The average molecular weight is 537 g/mol. The number of hydrogen-bond acceptors (Lipinski definition) is 7. The number of aromatic nitrogens is 3. The largest absolute Gasteiger partial charge is 0.270 e. The van der Waals surface area contributed by atoms with E-state index in [2.05, 4.69) is 10.3 Å². The molecule has 0 saturated heterocycles. The first kappa shape index (κ1) is 24.8. The van der Waals surface area contributed by atoms with Gasteiger partial charge in [-0.25, -0.2) is 25.8 Å². The van der Waals surface area contributed by atoms with E-state index in [0.29, 0.717) is 15.4 Å². The van der Waals surface area contributed by atoms with E-state index in [1.807, 2.05) is 20.8 Å². The maximum Gasteiger partial charge on any atom is 0.270 e. The molecular weight excluding hydrogens is 512 g/mol. The van der Waals surface area contributed by atoms with Crippen LogP contribution in [0.25, 0.3) is 11.3 Å². The number of sulfone groups is 1. The van der Waals surface area contributed by atoms with Crippen LogP contribution in [0.4, 0.5) is 0 Å². The number of sulfonamides is 1. The van der Waals surface area contributed by atoms with Crippen molar-refractivity contribution < 1.29 is 21.6 Å². The van der Waals surface area contributed by atoms with Crippen LogP contribution in [0.15, 0.2) is 87.6 Å². The van der Waals surface area contributed by atoms with Crippen LogP contribution in [0.3, 0.4) is 0 Å². The number of nitrogens with zero attached hydrogens (tertiary/aromatic N) is 4. The minimum atomic E-state index is -4.24. The van der Waals surface area contributed by atoms with E-state index in [1.54, 1.807) is 54.6 Å². The Labute approximate surface area is 215 Å². The van der Waals surface area contributed by atoms with Crippen molar-refractivity contribution >= 4 is 25.8 Å². The summed E-state index contributed by atoms with van der Waals surface area (Å²) in [5.41, 5.74) is 2.13. The monoisotopic (exact) mass is 536 g/mol. The lowest BCUT2D eigenvalue weighted by Crippen LogP contribution is -2.33. The van der Waals surface area contributed by atoms with Crippen molar-refractivity contribution in [2.45, 2.75) is 48.2 Å². The molecule has 37 heavy (non-hydrogen) atoms. The molecule has 0 saturated carbocycles. The number of carbonyl (C=O) groups is 1. The molecule has 0 unspecified atom stereocenters. The molecule has 9 nitrogen and oxygen atoms in total. The summed E-state index contributed by atoms with van der Waals surface area (Å²) in [5, 5.41) is 7.82. The zero-order chi connectivity index (χ0) is 26.5. The molecule has 3 aromatic carbocycles. The van der Waals surface area contributed by atoms with Gasteiger partial charge in [-0.15, -0.1) is 5.10 Å². The van der Waals surface area contributed by atoms with Crippen molar-refractivity contribution in [1.29, 1.82) is 0 Å². The number of amides is 1. The van der Waals surface area contributed by atoms with Crippen molar-refractivity contribution in [1.82, 2.24) is 19.3 Å². The summed E-state index contributed by atoms with van der Waals surface area (Å²) < 4.78 is 56.1. The smallest absolute Gasteiger partial charge is 0.268 e. The second kappa shape index (κ2) is 8.93. The van der Waals surface area contributed by atoms with Gasteiger partial charge in [0.05, 0.1) is 10.5 Å². The van der Waals surface area contributed by atoms with Crippen LogP contribution in [0.1, 0.15) is 41.3 Å². The Bertz CT molecular complexity index is 1730. The van der Waals surface area contributed by atoms with E-state index in [0.717, 1.165) is 10.2 Å². The molecule has 0 spiro atoms. The Morgan fingerprint density at radius 2 is 1.59 bits per heavy atom. The van der Waals surface area contributed by atoms with Gasteiger partial charge in [-0.05, 0) is 36.6 Å². The first-order valence-corrected chi connectivity index (χ1v) is 14.5. The van der Waals surface area contributed by atoms with Crippen LogP contribution >= 0.6 is 0 Å². The minimum Gasteiger partial charge on any atom is -0.268 e. The third-order valence-corrected chi connectivity index (χ3v) is 9.84. The van der Waals surface area contributed by atoms with Gasteiger partial charge in [0, 0.05) is 5.56 Å². The van der Waals surface area contributed by atoms with Gasteiger partial charge in [0.25, 0.3) is 15.9 Å². The summed E-state index contributed by atoms with van der Waals surface area (Å²) in [6.07, 6.45) is 0. The maximum atomic E-state index is 13.8. The fourth-order valence-electron chi connectivity index (χ4n) is 4.36. The van der Waals surface area contributed by atoms with Crippen LogP contribution in [0.2, 0.25) is 0 Å². The van der Waals surface area contributed by atoms with Crippen LogP contribution in [0.5, 0.6) is 0 Å². The lowest BCUT2D eigenvalue weighted by Gasteiger charge is -2.17. The second-order valence-electron chi connectivity index (χ2n) is 9.10. The predicted octanol–water partition coefficient (Wildman–Crippen LogP) is 4.01. The van der Waals surface area contributed by atoms with Crippen LogP contribution in [-0.2, 0) is 26.5 Å². The SMILES string of the molecule is Cc1ccc(S(=O)(=O)c2c(-c3ccccc3)nnn2CN2C(=O)c3c(C(C)C)cccc3S2(=O)=O)cc1. The highest BCUT2D eigenvalue weighted by Gasteiger charge is 2.44. The summed E-state index contributed by atoms with van der Waals surface area (Å²) in [5.74, 6) is -0.822. The summed E-state index contributed by atoms with van der Waals surface area (Å²) >= 11 is 0. The Balaban J connectivity index is 1.67. The van der Waals surface area contributed by atoms with E-state index in [-0.39, 0.29) is 32.0 Å². The van der Waals surface area contributed by atoms with E-state index >= 15 is 0 Å². The van der Waals surface area contributed by atoms with Gasteiger partial charge in [0.15, 0.2) is 5.03 Å². The fraction of sp³-hybridized carbons (Fsp3) is 0.192. The number of fused-ring (bicyclic) bond motifs is 1. The van der Waals surface area contributed by atoms with Gasteiger partial charge < -0.3 is 0 Å². The number of carbonyl (C=O) groups excluding carboxylic acids is 1. The quantitative estimate of drug-likeness (QED) is 0.365. The molecule has 0 bridgehead atoms. The number of rotatable bonds is 6. The maximum absolute atomic E-state index is 13.8. The Kier molecular flexibility index (Phi) is 5.99. The fourth-order valence-corrected chi connectivity index (χ4v) is 7.38. The summed E-state index contributed by atoms with van der Waals surface area (Å²) in [6.45, 7) is 4.93. The zero-order valence-electron chi connectivity index (χ0n) is 20.4. The van der Waals surface area contributed by atoms with Gasteiger partial charge in [0.2, 0.25) is 9.84 Å². The molecule has 11 heteroatoms. The van der Waals surface area contributed by atoms with Crippen molar-refractivity contribution in [3.63, 3.8) is 0 Å². The van der Waals surface area contributed by atoms with E-state index in [9.17, 15) is 21.6 Å². The van der Waals surface area contributed by atoms with Gasteiger partial charge in [0.1, 0.15) is 17.3 Å². The number of benzene rings is 3. The molecule has 1 aliphatic heterocycles. The first-order valence-electron chi connectivity index (χ1n) is 11.5. The Morgan fingerprint density at radius 3 is 2.24 bits per heavy atom. The van der Waals surface area contributed by atoms with E-state index in [4.69, 9.17) is 0 Å². The molecule has 1 aliphatic rings. The molecule has 190 valence electrons. The lowest BCUT2D eigenvalue weighted by atomic mass is 9.97. The first-order chi connectivity index (χ1) is 17.5. The average Bonchev–Trinajstić information content (AvgIpc) is 3.39. The molecule has 0 radical (unpaired) electrons. The highest BCUT2D eigenvalue weighted by molar-refractivity contribution is 7.91. The molecule has 0 atom stereocenters. The lowest BCUT2D eigenvalue weighted by molar-refractivity contribution is 0.0834. The minimum absolute atomic E-state index is 0.000170. The molecular formula is C26H24N4O5S2. The molecule has 5 rings (SSSR count). The van der Waals surface area contributed by atoms with Crippen molar-refractivity contribution in [3.8, 4) is 11.3 Å². The predicted molar refractivity (Wildman–Crippen MR) is 136 cm³/mol. The van der Waals surface area contributed by atoms with Crippen molar-refractivity contribution in [2.75, 3.05) is 0 Å². The summed E-state index contributed by atoms with van der Waals surface area (Å²) in [4.78, 5) is 13.3. The van der Waals surface area contributed by atoms with Gasteiger partial charge in [-0.2, -0.15) is 0 Å². The van der Waals surface area contributed by atoms with Crippen molar-refractivity contribution in [2.24, 2.45) is 0 Å². The molecule has 4 aromatic rings. The summed E-state index contributed by atoms with van der Waals surface area (Å²) in [7, 11) is -8.44. The second-order valence-corrected chi connectivity index (χ2v) is 12.8. The van der Waals surface area contributed by atoms with Crippen molar-refractivity contribution in [3.05, 3.63) is 89.5 Å². The topological polar surface area (TPSA) is 119 Å². The third-order valence-electron chi connectivity index (χ3n) is 6.27. The van der Waals surface area contributed by atoms with Crippen LogP contribution in [-0.4, -0.2) is 42.0 Å². The normalized spacial score (nSPS) is 14.8. The van der Waals surface area contributed by atoms with E-state index < -0.39 is 32.4 Å². The molecule has 0 fully saturated rings. The van der Waals surface area contributed by atoms with Gasteiger partial charge in [-0.1, -0.05) is 79.2 Å². The van der Waals surface area contributed by atoms with Gasteiger partial charge >= 0.3 is 0 Å².